The molecule has 0 unspecified atom stereocenters. The summed E-state index contributed by atoms with van der Waals surface area (Å²) in [6.07, 6.45) is 0. The Morgan fingerprint density at radius 3 is 2.29 bits per heavy atom. The van der Waals surface area contributed by atoms with Crippen molar-refractivity contribution < 1.29 is 14.3 Å². The van der Waals surface area contributed by atoms with E-state index in [0.29, 0.717) is 29.2 Å². The van der Waals surface area contributed by atoms with Gasteiger partial charge in [-0.1, -0.05) is 54.6 Å². The van der Waals surface area contributed by atoms with Gasteiger partial charge in [-0.3, -0.25) is 9.59 Å². The minimum absolute atomic E-state index is 0.260. The summed E-state index contributed by atoms with van der Waals surface area (Å²) in [6.45, 7) is 6.30. The number of ether oxygens (including phenoxy) is 1. The SMILES string of the molecule is CCOc1ccccc1N1C(=O)C(Nc2cccc(C)c2C)=C(c2ccccc2)C1=O. The number of carbonyl (C=O) groups excluding carboxylic acids is 2. The summed E-state index contributed by atoms with van der Waals surface area (Å²) in [5.41, 5.74) is 4.65. The van der Waals surface area contributed by atoms with E-state index in [0.717, 1.165) is 16.8 Å². The topological polar surface area (TPSA) is 58.6 Å². The quantitative estimate of drug-likeness (QED) is 0.573. The number of nitrogens with zero attached hydrogens (tertiary/aromatic N) is 1. The van der Waals surface area contributed by atoms with Gasteiger partial charge in [-0.2, -0.15) is 0 Å². The molecule has 1 heterocycles. The number of benzene rings is 3. The summed E-state index contributed by atoms with van der Waals surface area (Å²) in [7, 11) is 0. The highest BCUT2D eigenvalue weighted by molar-refractivity contribution is 6.46. The molecule has 2 amide bonds. The molecule has 5 nitrogen and oxygen atoms in total. The van der Waals surface area contributed by atoms with Crippen LogP contribution in [-0.4, -0.2) is 18.4 Å². The molecule has 31 heavy (non-hydrogen) atoms. The highest BCUT2D eigenvalue weighted by atomic mass is 16.5. The molecule has 0 atom stereocenters. The lowest BCUT2D eigenvalue weighted by atomic mass is 10.0. The van der Waals surface area contributed by atoms with Gasteiger partial charge in [0.05, 0.1) is 17.9 Å². The van der Waals surface area contributed by atoms with Gasteiger partial charge in [0.1, 0.15) is 11.4 Å². The van der Waals surface area contributed by atoms with Gasteiger partial charge in [-0.25, -0.2) is 4.90 Å². The van der Waals surface area contributed by atoms with E-state index in [1.807, 2.05) is 75.4 Å². The molecule has 5 heteroatoms. The van der Waals surface area contributed by atoms with E-state index in [4.69, 9.17) is 4.74 Å². The number of para-hydroxylation sites is 2. The van der Waals surface area contributed by atoms with Crippen LogP contribution in [0.2, 0.25) is 0 Å². The van der Waals surface area contributed by atoms with Crippen molar-refractivity contribution in [2.24, 2.45) is 0 Å². The molecule has 3 aromatic carbocycles. The highest BCUT2D eigenvalue weighted by Gasteiger charge is 2.41. The Labute approximate surface area is 182 Å². The van der Waals surface area contributed by atoms with Gasteiger partial charge < -0.3 is 10.1 Å². The van der Waals surface area contributed by atoms with Gasteiger partial charge in [-0.05, 0) is 55.7 Å². The molecule has 0 saturated carbocycles. The highest BCUT2D eigenvalue weighted by Crippen LogP contribution is 2.38. The summed E-state index contributed by atoms with van der Waals surface area (Å²) < 4.78 is 5.69. The van der Waals surface area contributed by atoms with Gasteiger partial charge in [-0.15, -0.1) is 0 Å². The molecular formula is C26H24N2O3. The fourth-order valence-corrected chi connectivity index (χ4v) is 3.68. The van der Waals surface area contributed by atoms with Gasteiger partial charge >= 0.3 is 0 Å². The van der Waals surface area contributed by atoms with Gasteiger partial charge in [0, 0.05) is 5.69 Å². The number of aryl methyl sites for hydroxylation is 1. The largest absolute Gasteiger partial charge is 0.492 e. The maximum atomic E-state index is 13.6. The number of nitrogens with one attached hydrogen (secondary N) is 1. The average molecular weight is 412 g/mol. The molecule has 156 valence electrons. The molecule has 0 aliphatic carbocycles. The molecule has 3 aromatic rings. The second-order valence-corrected chi connectivity index (χ2v) is 7.33. The number of hydrogen-bond acceptors (Lipinski definition) is 4. The first-order valence-corrected chi connectivity index (χ1v) is 10.3. The second-order valence-electron chi connectivity index (χ2n) is 7.33. The van der Waals surface area contributed by atoms with E-state index in [1.165, 1.54) is 4.90 Å². The Morgan fingerprint density at radius 1 is 0.839 bits per heavy atom. The molecule has 1 N–H and O–H groups in total. The lowest BCUT2D eigenvalue weighted by Gasteiger charge is -2.19. The van der Waals surface area contributed by atoms with Crippen LogP contribution in [0.4, 0.5) is 11.4 Å². The molecule has 1 aliphatic rings. The first kappa shape index (κ1) is 20.4. The van der Waals surface area contributed by atoms with Crippen molar-refractivity contribution in [1.29, 1.82) is 0 Å². The average Bonchev–Trinajstić information content (AvgIpc) is 3.02. The van der Waals surface area contributed by atoms with E-state index >= 15 is 0 Å². The van der Waals surface area contributed by atoms with Crippen molar-refractivity contribution in [1.82, 2.24) is 0 Å². The molecule has 0 radical (unpaired) electrons. The zero-order chi connectivity index (χ0) is 22.0. The maximum absolute atomic E-state index is 13.6. The van der Waals surface area contributed by atoms with Gasteiger partial charge in [0.2, 0.25) is 0 Å². The van der Waals surface area contributed by atoms with Crippen molar-refractivity contribution in [3.8, 4) is 5.75 Å². The van der Waals surface area contributed by atoms with E-state index in [2.05, 4.69) is 5.32 Å². The van der Waals surface area contributed by atoms with E-state index in [-0.39, 0.29) is 11.6 Å². The van der Waals surface area contributed by atoms with Crippen LogP contribution in [0.5, 0.6) is 5.75 Å². The Morgan fingerprint density at radius 2 is 1.55 bits per heavy atom. The van der Waals surface area contributed by atoms with Crippen LogP contribution in [0, 0.1) is 13.8 Å². The van der Waals surface area contributed by atoms with E-state index in [1.54, 1.807) is 18.2 Å². The number of rotatable bonds is 6. The Balaban J connectivity index is 1.85. The molecule has 0 aromatic heterocycles. The Kier molecular flexibility index (Phi) is 5.58. The third-order valence-corrected chi connectivity index (χ3v) is 5.42. The third-order valence-electron chi connectivity index (χ3n) is 5.42. The third kappa shape index (κ3) is 3.70. The standard InChI is InChI=1S/C26H24N2O3/c1-4-31-22-16-9-8-15-21(22)28-25(29)23(19-12-6-5-7-13-19)24(26(28)30)27-20-14-10-11-17(2)18(20)3/h5-16,27H,4H2,1-3H3. The van der Waals surface area contributed by atoms with Crippen LogP contribution in [0.3, 0.4) is 0 Å². The Hall–Kier alpha value is -3.86. The second kappa shape index (κ2) is 8.48. The summed E-state index contributed by atoms with van der Waals surface area (Å²) in [6, 6.07) is 22.2. The Bertz CT molecular complexity index is 1180. The molecule has 0 fully saturated rings. The van der Waals surface area contributed by atoms with Crippen molar-refractivity contribution in [2.75, 3.05) is 16.8 Å². The number of carbonyl (C=O) groups is 2. The van der Waals surface area contributed by atoms with Crippen molar-refractivity contribution in [2.45, 2.75) is 20.8 Å². The monoisotopic (exact) mass is 412 g/mol. The van der Waals surface area contributed by atoms with Crippen LogP contribution in [-0.2, 0) is 9.59 Å². The molecule has 4 rings (SSSR count). The molecule has 0 saturated heterocycles. The molecular weight excluding hydrogens is 388 g/mol. The van der Waals surface area contributed by atoms with E-state index in [9.17, 15) is 9.59 Å². The van der Waals surface area contributed by atoms with Gasteiger partial charge in [0.15, 0.2) is 0 Å². The van der Waals surface area contributed by atoms with Gasteiger partial charge in [0.25, 0.3) is 11.8 Å². The van der Waals surface area contributed by atoms with Crippen molar-refractivity contribution >= 4 is 28.8 Å². The van der Waals surface area contributed by atoms with E-state index < -0.39 is 5.91 Å². The lowest BCUT2D eigenvalue weighted by molar-refractivity contribution is -0.120. The maximum Gasteiger partial charge on any atom is 0.282 e. The predicted molar refractivity (Wildman–Crippen MR) is 123 cm³/mol. The number of hydrogen-bond donors (Lipinski definition) is 1. The molecule has 1 aliphatic heterocycles. The lowest BCUT2D eigenvalue weighted by Crippen LogP contribution is -2.32. The minimum Gasteiger partial charge on any atom is -0.492 e. The van der Waals surface area contributed by atoms with Crippen LogP contribution in [0.15, 0.2) is 78.5 Å². The fraction of sp³-hybridized carbons (Fsp3) is 0.154. The summed E-state index contributed by atoms with van der Waals surface area (Å²) in [5.74, 6) is -0.292. The van der Waals surface area contributed by atoms with Crippen molar-refractivity contribution in [3.63, 3.8) is 0 Å². The normalized spacial score (nSPS) is 13.7. The smallest absolute Gasteiger partial charge is 0.282 e. The summed E-state index contributed by atoms with van der Waals surface area (Å²) in [5, 5.41) is 3.26. The number of anilines is 2. The minimum atomic E-state index is -0.406. The van der Waals surface area contributed by atoms with Crippen molar-refractivity contribution in [3.05, 3.63) is 95.2 Å². The van der Waals surface area contributed by atoms with Crippen LogP contribution >= 0.6 is 0 Å². The molecule has 0 bridgehead atoms. The summed E-state index contributed by atoms with van der Waals surface area (Å²) in [4.78, 5) is 28.4. The molecule has 0 spiro atoms. The fourth-order valence-electron chi connectivity index (χ4n) is 3.68. The van der Waals surface area contributed by atoms with Crippen LogP contribution < -0.4 is 15.0 Å². The van der Waals surface area contributed by atoms with Crippen LogP contribution in [0.1, 0.15) is 23.6 Å². The first-order chi connectivity index (χ1) is 15.0. The zero-order valence-electron chi connectivity index (χ0n) is 17.8. The summed E-state index contributed by atoms with van der Waals surface area (Å²) >= 11 is 0. The number of imide groups is 1. The first-order valence-electron chi connectivity index (χ1n) is 10.3. The number of amides is 2. The van der Waals surface area contributed by atoms with Crippen LogP contribution in [0.25, 0.3) is 5.57 Å². The predicted octanol–water partition coefficient (Wildman–Crippen LogP) is 5.10. The zero-order valence-corrected chi connectivity index (χ0v) is 17.8.